The molecule has 1 aromatic heterocycles. The molecule has 0 atom stereocenters. The molecule has 0 spiro atoms. The van der Waals surface area contributed by atoms with Crippen LogP contribution in [0.4, 0.5) is 0 Å². The van der Waals surface area contributed by atoms with Crippen LogP contribution in [0.3, 0.4) is 0 Å². The molecule has 0 aliphatic rings. The van der Waals surface area contributed by atoms with Crippen molar-refractivity contribution in [2.75, 3.05) is 7.11 Å². The molecule has 0 unspecified atom stereocenters. The van der Waals surface area contributed by atoms with E-state index in [4.69, 9.17) is 4.74 Å². The molecule has 14 heavy (non-hydrogen) atoms. The summed E-state index contributed by atoms with van der Waals surface area (Å²) < 4.78 is 5.23. The third-order valence-electron chi connectivity index (χ3n) is 1.94. The summed E-state index contributed by atoms with van der Waals surface area (Å²) in [4.78, 5) is 4.22. The van der Waals surface area contributed by atoms with E-state index in [1.807, 2.05) is 36.4 Å². The van der Waals surface area contributed by atoms with E-state index < -0.39 is 0 Å². The summed E-state index contributed by atoms with van der Waals surface area (Å²) in [6, 6.07) is 11.8. The summed E-state index contributed by atoms with van der Waals surface area (Å²) in [7, 11) is 1.67. The van der Waals surface area contributed by atoms with Crippen molar-refractivity contribution >= 4 is 0 Å². The molecule has 66 valence electrons. The number of methoxy groups -OCH3 is 1. The van der Waals surface area contributed by atoms with Crippen molar-refractivity contribution < 1.29 is 34.3 Å². The zero-order chi connectivity index (χ0) is 9.10. The molecule has 1 heterocycles. The maximum absolute atomic E-state index is 5.23. The predicted octanol–water partition coefficient (Wildman–Crippen LogP) is -0.677. The van der Waals surface area contributed by atoms with Crippen molar-refractivity contribution in [1.29, 1.82) is 0 Å². The monoisotopic (exact) mass is 195 g/mol. The van der Waals surface area contributed by atoms with Crippen LogP contribution in [0.25, 0.3) is 11.3 Å². The molecule has 1 aromatic carbocycles. The third kappa shape index (κ3) is 2.21. The first-order valence-electron chi connectivity index (χ1n) is 4.13. The number of hydrogen-bond donors (Lipinski definition) is 0. The van der Waals surface area contributed by atoms with Crippen molar-refractivity contribution in [3.05, 3.63) is 42.6 Å². The number of ether oxygens (including phenoxy) is 1. The number of aromatic nitrogens is 1. The normalized spacial score (nSPS) is 9.21. The van der Waals surface area contributed by atoms with Gasteiger partial charge < -0.3 is 9.72 Å². The van der Waals surface area contributed by atoms with Crippen LogP contribution in [-0.2, 0) is 0 Å². The van der Waals surface area contributed by atoms with E-state index in [1.165, 1.54) is 0 Å². The molecule has 0 fully saturated rings. The van der Waals surface area contributed by atoms with E-state index >= 15 is 0 Å². The summed E-state index contributed by atoms with van der Waals surface area (Å²) in [6.07, 6.45) is 1.78. The van der Waals surface area contributed by atoms with Crippen LogP contribution < -0.4 is 39.3 Å². The van der Waals surface area contributed by atoms with Crippen LogP contribution in [0.15, 0.2) is 42.6 Å². The van der Waals surface area contributed by atoms with E-state index in [1.54, 1.807) is 13.3 Å². The van der Waals surface area contributed by atoms with E-state index in [0.717, 1.165) is 17.0 Å². The second-order valence-corrected chi connectivity index (χ2v) is 2.72. The van der Waals surface area contributed by atoms with Crippen LogP contribution in [0, 0.1) is 0 Å². The smallest absolute Gasteiger partial charge is 0.664 e. The summed E-state index contributed by atoms with van der Waals surface area (Å²) in [5, 5.41) is 0. The van der Waals surface area contributed by atoms with Crippen LogP contribution in [0.5, 0.6) is 5.75 Å². The van der Waals surface area contributed by atoms with E-state index in [-0.39, 0.29) is 29.6 Å². The molecule has 0 aliphatic heterocycles. The van der Waals surface area contributed by atoms with Gasteiger partial charge in [0.15, 0.2) is 0 Å². The second kappa shape index (κ2) is 5.25. The molecule has 2 aromatic rings. The van der Waals surface area contributed by atoms with Gasteiger partial charge in [-0.05, 0) is 6.07 Å². The Kier molecular flexibility index (Phi) is 4.26. The Balaban J connectivity index is 0.000000980. The third-order valence-corrected chi connectivity index (χ3v) is 1.94. The van der Waals surface area contributed by atoms with Gasteiger partial charge in [0.05, 0.1) is 7.11 Å². The maximum Gasteiger partial charge on any atom is 1.00 e. The number of nitrogens with zero attached hydrogens (tertiary/aromatic N) is 1. The van der Waals surface area contributed by atoms with Crippen LogP contribution in [0.1, 0.15) is 0 Å². The largest absolute Gasteiger partial charge is 1.00 e. The van der Waals surface area contributed by atoms with Gasteiger partial charge in [0, 0.05) is 5.56 Å². The zero-order valence-electron chi connectivity index (χ0n) is 8.40. The van der Waals surface area contributed by atoms with Gasteiger partial charge in [-0.3, -0.25) is 0 Å². The fourth-order valence-electron chi connectivity index (χ4n) is 1.32. The number of benzene rings is 1. The Labute approximate surface area is 106 Å². The fourth-order valence-corrected chi connectivity index (χ4v) is 1.32. The molecule has 3 heteroatoms. The number of rotatable bonds is 2. The average Bonchev–Trinajstić information content (AvgIpc) is 2.70. The molecular weight excluding hydrogens is 185 g/mol. The Bertz CT molecular complexity index is 384. The fraction of sp³-hybridized carbons (Fsp3) is 0.0909. The predicted molar refractivity (Wildman–Crippen MR) is 51.8 cm³/mol. The Morgan fingerprint density at radius 3 is 2.50 bits per heavy atom. The first-order valence-corrected chi connectivity index (χ1v) is 4.13. The minimum atomic E-state index is 0. The molecule has 0 N–H and O–H groups in total. The van der Waals surface area contributed by atoms with Crippen molar-refractivity contribution in [2.45, 2.75) is 0 Å². The van der Waals surface area contributed by atoms with Crippen molar-refractivity contribution in [3.63, 3.8) is 0 Å². The molecule has 2 rings (SSSR count). The van der Waals surface area contributed by atoms with Crippen molar-refractivity contribution in [3.8, 4) is 17.0 Å². The topological polar surface area (TPSA) is 23.3 Å². The van der Waals surface area contributed by atoms with Gasteiger partial charge in [-0.1, -0.05) is 30.3 Å². The maximum atomic E-state index is 5.23. The Morgan fingerprint density at radius 2 is 1.86 bits per heavy atom. The molecular formula is C11H10NNaO. The van der Waals surface area contributed by atoms with Crippen molar-refractivity contribution in [2.24, 2.45) is 0 Å². The average molecular weight is 195 g/mol. The quantitative estimate of drug-likeness (QED) is 0.593. The molecule has 0 saturated heterocycles. The molecule has 2 nitrogen and oxygen atoms in total. The van der Waals surface area contributed by atoms with Crippen LogP contribution in [-0.4, -0.2) is 7.11 Å². The SMILES string of the molecule is COc1ccccc1-c1ccc[n-]1.[Na+]. The van der Waals surface area contributed by atoms with Gasteiger partial charge in [-0.15, -0.1) is 5.69 Å². The van der Waals surface area contributed by atoms with Gasteiger partial charge in [0.1, 0.15) is 5.75 Å². The minimum Gasteiger partial charge on any atom is -0.664 e. The Hall–Kier alpha value is -0.700. The van der Waals surface area contributed by atoms with E-state index in [9.17, 15) is 0 Å². The zero-order valence-corrected chi connectivity index (χ0v) is 10.4. The van der Waals surface area contributed by atoms with Crippen molar-refractivity contribution in [1.82, 2.24) is 4.98 Å². The van der Waals surface area contributed by atoms with E-state index in [0.29, 0.717) is 0 Å². The summed E-state index contributed by atoms with van der Waals surface area (Å²) >= 11 is 0. The van der Waals surface area contributed by atoms with Crippen LogP contribution >= 0.6 is 0 Å². The van der Waals surface area contributed by atoms with Crippen LogP contribution in [0.2, 0.25) is 0 Å². The van der Waals surface area contributed by atoms with Gasteiger partial charge >= 0.3 is 29.6 Å². The van der Waals surface area contributed by atoms with Gasteiger partial charge in [-0.25, -0.2) is 0 Å². The summed E-state index contributed by atoms with van der Waals surface area (Å²) in [5.74, 6) is 0.862. The van der Waals surface area contributed by atoms with Gasteiger partial charge in [0.25, 0.3) is 0 Å². The standard InChI is InChI=1S/C11H10NO.Na/c1-13-11-7-3-2-5-9(11)10-6-4-8-12-10;/h2-8H,1H3;/q-1;+1. The molecule has 0 saturated carbocycles. The molecule has 0 aliphatic carbocycles. The molecule has 0 amide bonds. The minimum absolute atomic E-state index is 0. The molecule has 0 radical (unpaired) electrons. The van der Waals surface area contributed by atoms with E-state index in [2.05, 4.69) is 4.98 Å². The summed E-state index contributed by atoms with van der Waals surface area (Å²) in [6.45, 7) is 0. The first-order chi connectivity index (χ1) is 6.42. The second-order valence-electron chi connectivity index (χ2n) is 2.72. The van der Waals surface area contributed by atoms with Gasteiger partial charge in [-0.2, -0.15) is 6.20 Å². The molecule has 0 bridgehead atoms. The van der Waals surface area contributed by atoms with Gasteiger partial charge in [0.2, 0.25) is 0 Å². The summed E-state index contributed by atoms with van der Waals surface area (Å²) in [5.41, 5.74) is 1.99. The number of para-hydroxylation sites is 1. The Morgan fingerprint density at radius 1 is 1.07 bits per heavy atom. The first kappa shape index (κ1) is 11.4. The number of hydrogen-bond acceptors (Lipinski definition) is 1.